The first kappa shape index (κ1) is 15.3. The van der Waals surface area contributed by atoms with Gasteiger partial charge in [-0.2, -0.15) is 0 Å². The monoisotopic (exact) mass is 331 g/mol. The number of thiophene rings is 1. The Morgan fingerprint density at radius 1 is 1.17 bits per heavy atom. The molecule has 124 valence electrons. The van der Waals surface area contributed by atoms with Crippen LogP contribution < -0.4 is 5.32 Å². The third-order valence-electron chi connectivity index (χ3n) is 5.41. The molecule has 0 spiro atoms. The average molecular weight is 331 g/mol. The molecule has 23 heavy (non-hydrogen) atoms. The van der Waals surface area contributed by atoms with E-state index < -0.39 is 0 Å². The summed E-state index contributed by atoms with van der Waals surface area (Å²) in [4.78, 5) is 12.1. The molecule has 0 aromatic carbocycles. The van der Waals surface area contributed by atoms with E-state index in [9.17, 15) is 5.11 Å². The summed E-state index contributed by atoms with van der Waals surface area (Å²) in [5.41, 5.74) is 1.50. The molecule has 0 aliphatic heterocycles. The highest BCUT2D eigenvalue weighted by Gasteiger charge is 2.28. The fourth-order valence-electron chi connectivity index (χ4n) is 4.28. The number of aryl methyl sites for hydroxylation is 3. The molecule has 1 saturated carbocycles. The molecule has 2 N–H and O–H groups in total. The molecule has 0 saturated heterocycles. The zero-order chi connectivity index (χ0) is 15.8. The van der Waals surface area contributed by atoms with Crippen LogP contribution in [0.15, 0.2) is 0 Å². The quantitative estimate of drug-likeness (QED) is 0.893. The molecule has 2 aliphatic rings. The lowest BCUT2D eigenvalue weighted by molar-refractivity contribution is 0.254. The zero-order valence-corrected chi connectivity index (χ0v) is 14.6. The molecule has 5 heteroatoms. The van der Waals surface area contributed by atoms with Crippen LogP contribution in [0, 0.1) is 12.8 Å². The van der Waals surface area contributed by atoms with Crippen molar-refractivity contribution in [1.82, 2.24) is 9.97 Å². The topological polar surface area (TPSA) is 58.0 Å². The van der Waals surface area contributed by atoms with Gasteiger partial charge in [0, 0.05) is 17.5 Å². The Kier molecular flexibility index (Phi) is 4.24. The molecule has 2 atom stereocenters. The molecule has 2 unspecified atom stereocenters. The minimum absolute atomic E-state index is 0.287. The van der Waals surface area contributed by atoms with Crippen molar-refractivity contribution in [2.75, 3.05) is 11.9 Å². The molecule has 4 nitrogen and oxygen atoms in total. The summed E-state index contributed by atoms with van der Waals surface area (Å²) in [7, 11) is 0. The highest BCUT2D eigenvalue weighted by molar-refractivity contribution is 7.19. The van der Waals surface area contributed by atoms with Gasteiger partial charge in [0.05, 0.1) is 5.39 Å². The first-order valence-electron chi connectivity index (χ1n) is 8.92. The Bertz CT molecular complexity index is 712. The van der Waals surface area contributed by atoms with Gasteiger partial charge in [-0.15, -0.1) is 11.3 Å². The molecule has 0 amide bonds. The standard InChI is InChI=1S/C18H25N3OS/c1-11-19-17(21-14-7-4-5-12(14)9-10-22)16-13-6-2-3-8-15(13)23-18(16)20-11/h12,14,22H,2-10H2,1H3,(H,19,20,21). The minimum atomic E-state index is 0.287. The second kappa shape index (κ2) is 6.36. The van der Waals surface area contributed by atoms with E-state index in [1.807, 2.05) is 18.3 Å². The van der Waals surface area contributed by atoms with Gasteiger partial charge >= 0.3 is 0 Å². The van der Waals surface area contributed by atoms with Crippen LogP contribution in [0.5, 0.6) is 0 Å². The van der Waals surface area contributed by atoms with Crippen molar-refractivity contribution in [3.8, 4) is 0 Å². The predicted octanol–water partition coefficient (Wildman–Crippen LogP) is 3.84. The van der Waals surface area contributed by atoms with Gasteiger partial charge < -0.3 is 10.4 Å². The zero-order valence-electron chi connectivity index (χ0n) is 13.8. The molecule has 2 aromatic heterocycles. The van der Waals surface area contributed by atoms with E-state index in [1.165, 1.54) is 60.8 Å². The number of nitrogens with one attached hydrogen (secondary N) is 1. The molecular formula is C18H25N3OS. The van der Waals surface area contributed by atoms with E-state index in [-0.39, 0.29) is 6.61 Å². The van der Waals surface area contributed by atoms with Crippen LogP contribution in [-0.4, -0.2) is 27.7 Å². The van der Waals surface area contributed by atoms with Crippen LogP contribution in [-0.2, 0) is 12.8 Å². The second-order valence-corrected chi connectivity index (χ2v) is 8.05. The molecule has 2 aromatic rings. The van der Waals surface area contributed by atoms with E-state index >= 15 is 0 Å². The van der Waals surface area contributed by atoms with E-state index in [2.05, 4.69) is 5.32 Å². The van der Waals surface area contributed by atoms with Crippen molar-refractivity contribution < 1.29 is 5.11 Å². The van der Waals surface area contributed by atoms with Gasteiger partial charge in [0.15, 0.2) is 0 Å². The van der Waals surface area contributed by atoms with Crippen LogP contribution in [0.4, 0.5) is 5.82 Å². The first-order chi connectivity index (χ1) is 11.3. The first-order valence-corrected chi connectivity index (χ1v) is 9.74. The Morgan fingerprint density at radius 2 is 2.04 bits per heavy atom. The highest BCUT2D eigenvalue weighted by Crippen LogP contribution is 2.40. The fraction of sp³-hybridized carbons (Fsp3) is 0.667. The number of hydrogen-bond donors (Lipinski definition) is 2. The number of aliphatic hydroxyl groups excluding tert-OH is 1. The van der Waals surface area contributed by atoms with E-state index in [4.69, 9.17) is 9.97 Å². The maximum Gasteiger partial charge on any atom is 0.139 e. The van der Waals surface area contributed by atoms with E-state index in [0.717, 1.165) is 22.9 Å². The number of anilines is 1. The maximum absolute atomic E-state index is 9.30. The van der Waals surface area contributed by atoms with Crippen LogP contribution in [0.25, 0.3) is 10.2 Å². The Labute approximate surface area is 141 Å². The predicted molar refractivity (Wildman–Crippen MR) is 95.2 cm³/mol. The van der Waals surface area contributed by atoms with Gasteiger partial charge in [-0.25, -0.2) is 9.97 Å². The number of fused-ring (bicyclic) bond motifs is 3. The van der Waals surface area contributed by atoms with Gasteiger partial charge in [-0.1, -0.05) is 6.42 Å². The van der Waals surface area contributed by atoms with Crippen LogP contribution >= 0.6 is 11.3 Å². The SMILES string of the molecule is Cc1nc(NC2CCCC2CCO)c2c3c(sc2n1)CCCC3. The summed E-state index contributed by atoms with van der Waals surface area (Å²) in [6, 6.07) is 0.443. The van der Waals surface area contributed by atoms with Crippen LogP contribution in [0.3, 0.4) is 0 Å². The van der Waals surface area contributed by atoms with Gasteiger partial charge in [-0.3, -0.25) is 0 Å². The van der Waals surface area contributed by atoms with Gasteiger partial charge in [0.2, 0.25) is 0 Å². The largest absolute Gasteiger partial charge is 0.396 e. The lowest BCUT2D eigenvalue weighted by Crippen LogP contribution is -2.25. The van der Waals surface area contributed by atoms with Crippen molar-refractivity contribution >= 4 is 27.4 Å². The lowest BCUT2D eigenvalue weighted by atomic mass is 9.96. The second-order valence-electron chi connectivity index (χ2n) is 6.96. The minimum Gasteiger partial charge on any atom is -0.396 e. The van der Waals surface area contributed by atoms with Crippen LogP contribution in [0.1, 0.15) is 54.8 Å². The molecule has 2 aliphatic carbocycles. The third kappa shape index (κ3) is 2.85. The maximum atomic E-state index is 9.30. The van der Waals surface area contributed by atoms with Crippen LogP contribution in [0.2, 0.25) is 0 Å². The fourth-order valence-corrected chi connectivity index (χ4v) is 5.59. The summed E-state index contributed by atoms with van der Waals surface area (Å²) in [5, 5.41) is 14.3. The van der Waals surface area contributed by atoms with Crippen molar-refractivity contribution in [3.63, 3.8) is 0 Å². The molecular weight excluding hydrogens is 306 g/mol. The molecule has 0 bridgehead atoms. The number of aliphatic hydroxyl groups is 1. The van der Waals surface area contributed by atoms with Gasteiger partial charge in [0.25, 0.3) is 0 Å². The van der Waals surface area contributed by atoms with Crippen molar-refractivity contribution in [2.45, 2.75) is 64.3 Å². The van der Waals surface area contributed by atoms with Gasteiger partial charge in [-0.05, 0) is 63.4 Å². The molecule has 2 heterocycles. The summed E-state index contributed by atoms with van der Waals surface area (Å²) in [6.45, 7) is 2.28. The highest BCUT2D eigenvalue weighted by atomic mass is 32.1. The number of rotatable bonds is 4. The van der Waals surface area contributed by atoms with E-state index in [1.54, 1.807) is 0 Å². The van der Waals surface area contributed by atoms with Gasteiger partial charge in [0.1, 0.15) is 16.5 Å². The molecule has 1 fully saturated rings. The van der Waals surface area contributed by atoms with Crippen molar-refractivity contribution in [3.05, 3.63) is 16.3 Å². The number of nitrogens with zero attached hydrogens (tertiary/aromatic N) is 2. The Balaban J connectivity index is 1.72. The molecule has 0 radical (unpaired) electrons. The summed E-state index contributed by atoms with van der Waals surface area (Å²) in [5.74, 6) is 2.47. The number of hydrogen-bond acceptors (Lipinski definition) is 5. The summed E-state index contributed by atoms with van der Waals surface area (Å²) >= 11 is 1.87. The number of aromatic nitrogens is 2. The van der Waals surface area contributed by atoms with Crippen molar-refractivity contribution in [1.29, 1.82) is 0 Å². The average Bonchev–Trinajstić information content (AvgIpc) is 3.11. The molecule has 4 rings (SSSR count). The Morgan fingerprint density at radius 3 is 2.91 bits per heavy atom. The lowest BCUT2D eigenvalue weighted by Gasteiger charge is -2.22. The van der Waals surface area contributed by atoms with Crippen molar-refractivity contribution in [2.24, 2.45) is 5.92 Å². The smallest absolute Gasteiger partial charge is 0.139 e. The third-order valence-corrected chi connectivity index (χ3v) is 6.59. The summed E-state index contributed by atoms with van der Waals surface area (Å²) < 4.78 is 0. The summed E-state index contributed by atoms with van der Waals surface area (Å²) in [6.07, 6.45) is 9.49. The Hall–Kier alpha value is -1.20. The normalized spacial score (nSPS) is 24.1. The van der Waals surface area contributed by atoms with E-state index in [0.29, 0.717) is 12.0 Å².